The number of benzene rings is 1. The molecule has 0 aliphatic carbocycles. The quantitative estimate of drug-likeness (QED) is 0.909. The third kappa shape index (κ3) is 3.66. The topological polar surface area (TPSA) is 29.3 Å². The van der Waals surface area contributed by atoms with Gasteiger partial charge >= 0.3 is 6.18 Å². The van der Waals surface area contributed by atoms with Crippen molar-refractivity contribution in [1.82, 2.24) is 0 Å². The van der Waals surface area contributed by atoms with E-state index in [0.717, 1.165) is 6.07 Å². The Bertz CT molecular complexity index is 461. The highest BCUT2D eigenvalue weighted by atomic mass is 19.4. The van der Waals surface area contributed by atoms with Gasteiger partial charge in [-0.05, 0) is 30.0 Å². The van der Waals surface area contributed by atoms with Gasteiger partial charge in [-0.25, -0.2) is 0 Å². The van der Waals surface area contributed by atoms with Gasteiger partial charge in [0.2, 0.25) is 0 Å². The molecular weight excluding hydrogens is 265 g/mol. The highest BCUT2D eigenvalue weighted by Gasteiger charge is 2.36. The van der Waals surface area contributed by atoms with E-state index in [-0.39, 0.29) is 23.7 Å². The van der Waals surface area contributed by atoms with Crippen molar-refractivity contribution in [2.75, 3.05) is 11.9 Å². The number of nitrogens with two attached hydrogens (primary N) is 1. The maximum absolute atomic E-state index is 13.2. The number of halogens is 3. The molecule has 2 N–H and O–H groups in total. The van der Waals surface area contributed by atoms with E-state index in [0.29, 0.717) is 5.56 Å². The summed E-state index contributed by atoms with van der Waals surface area (Å²) in [5, 5.41) is 0. The molecule has 0 aliphatic rings. The zero-order valence-electron chi connectivity index (χ0n) is 12.7. The van der Waals surface area contributed by atoms with Gasteiger partial charge in [0.25, 0.3) is 0 Å². The van der Waals surface area contributed by atoms with Crippen LogP contribution in [-0.4, -0.2) is 13.1 Å². The Balaban J connectivity index is 3.31. The first-order valence-corrected chi connectivity index (χ1v) is 6.61. The second kappa shape index (κ2) is 5.64. The van der Waals surface area contributed by atoms with Crippen molar-refractivity contribution in [1.29, 1.82) is 0 Å². The number of alkyl halides is 3. The molecule has 1 rings (SSSR count). The summed E-state index contributed by atoms with van der Waals surface area (Å²) in [5.74, 6) is 0. The summed E-state index contributed by atoms with van der Waals surface area (Å²) < 4.78 is 39.7. The maximum atomic E-state index is 13.2. The summed E-state index contributed by atoms with van der Waals surface area (Å²) in [6.45, 7) is 8.06. The highest BCUT2D eigenvalue weighted by molar-refractivity contribution is 5.56. The Kier molecular flexibility index (Phi) is 4.74. The van der Waals surface area contributed by atoms with Crippen molar-refractivity contribution in [3.63, 3.8) is 0 Å². The van der Waals surface area contributed by atoms with Gasteiger partial charge in [0.1, 0.15) is 0 Å². The molecule has 0 amide bonds. The maximum Gasteiger partial charge on any atom is 0.418 e. The molecule has 114 valence electrons. The van der Waals surface area contributed by atoms with Gasteiger partial charge in [0, 0.05) is 25.3 Å². The fraction of sp³-hybridized carbons (Fsp3) is 0.600. The van der Waals surface area contributed by atoms with Crippen molar-refractivity contribution in [3.05, 3.63) is 29.3 Å². The largest absolute Gasteiger partial charge is 0.418 e. The predicted octanol–water partition coefficient (Wildman–Crippen LogP) is 4.03. The lowest BCUT2D eigenvalue weighted by molar-refractivity contribution is -0.137. The summed E-state index contributed by atoms with van der Waals surface area (Å²) in [6, 6.07) is 4.26. The Morgan fingerprint density at radius 1 is 1.20 bits per heavy atom. The summed E-state index contributed by atoms with van der Waals surface area (Å²) >= 11 is 0. The molecule has 2 nitrogen and oxygen atoms in total. The molecule has 0 aromatic heterocycles. The Labute approximate surface area is 118 Å². The van der Waals surface area contributed by atoms with Crippen molar-refractivity contribution in [3.8, 4) is 0 Å². The molecule has 0 fully saturated rings. The zero-order valence-corrected chi connectivity index (χ0v) is 12.7. The molecule has 0 heterocycles. The predicted molar refractivity (Wildman–Crippen MR) is 76.7 cm³/mol. The third-order valence-corrected chi connectivity index (χ3v) is 3.82. The lowest BCUT2D eigenvalue weighted by Crippen LogP contribution is -2.40. The van der Waals surface area contributed by atoms with Crippen LogP contribution in [0.2, 0.25) is 0 Å². The van der Waals surface area contributed by atoms with E-state index in [9.17, 15) is 13.2 Å². The van der Waals surface area contributed by atoms with Crippen LogP contribution in [0.15, 0.2) is 18.2 Å². The molecule has 1 unspecified atom stereocenters. The minimum atomic E-state index is -4.38. The van der Waals surface area contributed by atoms with E-state index in [1.54, 1.807) is 18.0 Å². The SMILES string of the molecule is CC(N(C)c1ccc(CN)cc1C(F)(F)F)C(C)(C)C. The van der Waals surface area contributed by atoms with Gasteiger partial charge in [-0.2, -0.15) is 13.2 Å². The van der Waals surface area contributed by atoms with E-state index in [1.807, 2.05) is 27.7 Å². The highest BCUT2D eigenvalue weighted by Crippen LogP contribution is 2.39. The summed E-state index contributed by atoms with van der Waals surface area (Å²) in [4.78, 5) is 1.68. The van der Waals surface area contributed by atoms with Crippen molar-refractivity contribution >= 4 is 5.69 Å². The normalized spacial score (nSPS) is 14.2. The van der Waals surface area contributed by atoms with Crippen LogP contribution < -0.4 is 10.6 Å². The van der Waals surface area contributed by atoms with Crippen LogP contribution in [0, 0.1) is 5.41 Å². The standard InChI is InChI=1S/C15H23F3N2/c1-10(14(2,3)4)20(5)13-7-6-11(9-19)8-12(13)15(16,17)18/h6-8,10H,9,19H2,1-5H3. The smallest absolute Gasteiger partial charge is 0.371 e. The molecule has 1 aromatic rings. The first-order valence-electron chi connectivity index (χ1n) is 6.61. The van der Waals surface area contributed by atoms with Crippen LogP contribution >= 0.6 is 0 Å². The van der Waals surface area contributed by atoms with Crippen LogP contribution in [0.3, 0.4) is 0 Å². The fourth-order valence-electron chi connectivity index (χ4n) is 2.03. The molecule has 20 heavy (non-hydrogen) atoms. The summed E-state index contributed by atoms with van der Waals surface area (Å²) in [7, 11) is 1.70. The molecule has 0 aliphatic heterocycles. The monoisotopic (exact) mass is 288 g/mol. The summed E-state index contributed by atoms with van der Waals surface area (Å²) in [6.07, 6.45) is -4.38. The minimum Gasteiger partial charge on any atom is -0.371 e. The lowest BCUT2D eigenvalue weighted by atomic mass is 9.86. The van der Waals surface area contributed by atoms with E-state index in [2.05, 4.69) is 0 Å². The van der Waals surface area contributed by atoms with Crippen LogP contribution in [0.5, 0.6) is 0 Å². The molecule has 0 saturated heterocycles. The number of hydrogen-bond donors (Lipinski definition) is 1. The van der Waals surface area contributed by atoms with E-state index >= 15 is 0 Å². The molecule has 0 radical (unpaired) electrons. The number of hydrogen-bond acceptors (Lipinski definition) is 2. The van der Waals surface area contributed by atoms with Crippen molar-refractivity contribution in [2.24, 2.45) is 11.1 Å². The Morgan fingerprint density at radius 2 is 1.75 bits per heavy atom. The van der Waals surface area contributed by atoms with E-state index < -0.39 is 11.7 Å². The number of anilines is 1. The van der Waals surface area contributed by atoms with Crippen LogP contribution in [-0.2, 0) is 12.7 Å². The lowest BCUT2D eigenvalue weighted by Gasteiger charge is -2.38. The zero-order chi connectivity index (χ0) is 15.7. The molecule has 1 atom stereocenters. The average molecular weight is 288 g/mol. The number of nitrogens with zero attached hydrogens (tertiary/aromatic N) is 1. The molecule has 0 saturated carbocycles. The molecular formula is C15H23F3N2. The van der Waals surface area contributed by atoms with Gasteiger partial charge in [0.05, 0.1) is 5.56 Å². The number of rotatable bonds is 3. The van der Waals surface area contributed by atoms with Crippen molar-refractivity contribution in [2.45, 2.75) is 46.5 Å². The molecule has 1 aromatic carbocycles. The van der Waals surface area contributed by atoms with Crippen LogP contribution in [0.25, 0.3) is 0 Å². The second-order valence-corrected chi connectivity index (χ2v) is 6.21. The Morgan fingerprint density at radius 3 is 2.15 bits per heavy atom. The molecule has 5 heteroatoms. The van der Waals surface area contributed by atoms with Gasteiger partial charge < -0.3 is 10.6 Å². The molecule has 0 bridgehead atoms. The second-order valence-electron chi connectivity index (χ2n) is 6.21. The minimum absolute atomic E-state index is 0.0349. The Hall–Kier alpha value is -1.23. The van der Waals surface area contributed by atoms with Gasteiger partial charge in [-0.15, -0.1) is 0 Å². The van der Waals surface area contributed by atoms with Gasteiger partial charge in [0.15, 0.2) is 0 Å². The van der Waals surface area contributed by atoms with Gasteiger partial charge in [-0.1, -0.05) is 26.8 Å². The average Bonchev–Trinajstić information content (AvgIpc) is 2.34. The van der Waals surface area contributed by atoms with Gasteiger partial charge in [-0.3, -0.25) is 0 Å². The fourth-order valence-corrected chi connectivity index (χ4v) is 2.03. The summed E-state index contributed by atoms with van der Waals surface area (Å²) in [5.41, 5.74) is 5.37. The first kappa shape index (κ1) is 16.8. The van der Waals surface area contributed by atoms with Crippen LogP contribution in [0.4, 0.5) is 18.9 Å². The van der Waals surface area contributed by atoms with Crippen molar-refractivity contribution < 1.29 is 13.2 Å². The van der Waals surface area contributed by atoms with E-state index in [1.165, 1.54) is 6.07 Å². The third-order valence-electron chi connectivity index (χ3n) is 3.82. The first-order chi connectivity index (χ1) is 8.98. The molecule has 0 spiro atoms. The van der Waals surface area contributed by atoms with Crippen LogP contribution in [0.1, 0.15) is 38.8 Å². The van der Waals surface area contributed by atoms with E-state index in [4.69, 9.17) is 5.73 Å².